The van der Waals surface area contributed by atoms with Crippen LogP contribution in [-0.2, 0) is 19.4 Å². The van der Waals surface area contributed by atoms with Crippen LogP contribution in [0.3, 0.4) is 0 Å². The number of hydrogen-bond acceptors (Lipinski definition) is 4. The summed E-state index contributed by atoms with van der Waals surface area (Å²) in [6, 6.07) is -0.884. The van der Waals surface area contributed by atoms with E-state index in [9.17, 15) is 18.0 Å². The quantitative estimate of drug-likeness (QED) is 0.545. The maximum atomic E-state index is 11.4. The molecule has 0 unspecified atom stereocenters. The Morgan fingerprint density at radius 2 is 1.33 bits per heavy atom. The average Bonchev–Trinajstić information content (AvgIpc) is 2.52. The van der Waals surface area contributed by atoms with Crippen LogP contribution in [0.1, 0.15) is 0 Å². The predicted octanol–water partition coefficient (Wildman–Crippen LogP) is -1.67. The zero-order valence-corrected chi connectivity index (χ0v) is 9.48. The Morgan fingerprint density at radius 1 is 1.00 bits per heavy atom. The van der Waals surface area contributed by atoms with Crippen LogP contribution < -0.4 is 0 Å². The highest BCUT2D eigenvalue weighted by atomic mass is 32.2. The van der Waals surface area contributed by atoms with Crippen molar-refractivity contribution in [3.8, 4) is 0 Å². The highest BCUT2D eigenvalue weighted by Gasteiger charge is 2.41. The minimum absolute atomic E-state index is 0.0783. The van der Waals surface area contributed by atoms with Crippen molar-refractivity contribution >= 4 is 22.7 Å². The summed E-state index contributed by atoms with van der Waals surface area (Å²) >= 11 is 0. The molecule has 0 aromatic heterocycles. The Balaban J connectivity index is 2.92. The Labute approximate surface area is 88.8 Å². The lowest BCUT2D eigenvalue weighted by Gasteiger charge is -2.29. The maximum absolute atomic E-state index is 11.4. The first-order valence-electron chi connectivity index (χ1n) is 4.46. The summed E-state index contributed by atoms with van der Waals surface area (Å²) in [5.74, 6) is -0.157. The van der Waals surface area contributed by atoms with Crippen molar-refractivity contribution in [3.05, 3.63) is 0 Å². The number of sulfone groups is 1. The van der Waals surface area contributed by atoms with Gasteiger partial charge in [-0.3, -0.25) is 9.59 Å². The highest BCUT2D eigenvalue weighted by Crippen LogP contribution is 2.19. The fraction of sp³-hybridized carbons (Fsp3) is 0.750. The van der Waals surface area contributed by atoms with Crippen LogP contribution >= 0.6 is 0 Å². The highest BCUT2D eigenvalue weighted by molar-refractivity contribution is 7.91. The van der Waals surface area contributed by atoms with Gasteiger partial charge in [-0.25, -0.2) is 8.42 Å². The minimum atomic E-state index is -3.16. The molecule has 6 nitrogen and oxygen atoms in total. The summed E-state index contributed by atoms with van der Waals surface area (Å²) in [6.07, 6.45) is 1.16. The Hall–Kier alpha value is -1.11. The first-order chi connectivity index (χ1) is 6.91. The topological polar surface area (TPSA) is 74.8 Å². The number of hydrogen-bond donors (Lipinski definition) is 0. The van der Waals surface area contributed by atoms with Crippen molar-refractivity contribution in [1.82, 2.24) is 9.80 Å². The molecule has 2 amide bonds. The molecule has 15 heavy (non-hydrogen) atoms. The summed E-state index contributed by atoms with van der Waals surface area (Å²) in [5.41, 5.74) is 0. The minimum Gasteiger partial charge on any atom is -0.342 e. The summed E-state index contributed by atoms with van der Waals surface area (Å²) in [7, 11) is -0.120. The van der Waals surface area contributed by atoms with Gasteiger partial charge in [0, 0.05) is 14.1 Å². The molecule has 0 aliphatic carbocycles. The number of carbonyl (C=O) groups is 2. The van der Waals surface area contributed by atoms with Crippen molar-refractivity contribution in [2.45, 2.75) is 12.1 Å². The zero-order chi connectivity index (χ0) is 11.6. The molecule has 0 bridgehead atoms. The van der Waals surface area contributed by atoms with Gasteiger partial charge < -0.3 is 9.80 Å². The fourth-order valence-electron chi connectivity index (χ4n) is 1.74. The van der Waals surface area contributed by atoms with Crippen LogP contribution in [-0.4, -0.2) is 68.7 Å². The van der Waals surface area contributed by atoms with E-state index in [1.54, 1.807) is 0 Å². The van der Waals surface area contributed by atoms with Gasteiger partial charge in [0.1, 0.15) is 0 Å². The van der Waals surface area contributed by atoms with Crippen LogP contribution in [0.5, 0.6) is 0 Å². The maximum Gasteiger partial charge on any atom is 0.209 e. The molecule has 1 fully saturated rings. The SMILES string of the molecule is CN(C=O)[C@H]1CS(=O)(=O)C[C@@H]1N(C)C=O. The normalized spacial score (nSPS) is 28.4. The van der Waals surface area contributed by atoms with Crippen molar-refractivity contribution in [1.29, 1.82) is 0 Å². The molecule has 1 heterocycles. The standard InChI is InChI=1S/C8H14N2O4S/c1-9(5-11)7-3-15(13,14)4-8(7)10(2)6-12/h5-8H,3-4H2,1-2H3/t7-,8-/m0/s1. The van der Waals surface area contributed by atoms with E-state index in [0.717, 1.165) is 0 Å². The lowest BCUT2D eigenvalue weighted by Crippen LogP contribution is -2.47. The molecule has 0 saturated carbocycles. The number of rotatable bonds is 4. The van der Waals surface area contributed by atoms with Gasteiger partial charge in [-0.05, 0) is 0 Å². The molecule has 1 saturated heterocycles. The van der Waals surface area contributed by atoms with Crippen molar-refractivity contribution < 1.29 is 18.0 Å². The van der Waals surface area contributed by atoms with Crippen LogP contribution in [0.15, 0.2) is 0 Å². The third-order valence-electron chi connectivity index (χ3n) is 2.67. The van der Waals surface area contributed by atoms with Gasteiger partial charge in [-0.15, -0.1) is 0 Å². The van der Waals surface area contributed by atoms with Crippen LogP contribution in [0.25, 0.3) is 0 Å². The van der Waals surface area contributed by atoms with Crippen molar-refractivity contribution in [3.63, 3.8) is 0 Å². The van der Waals surface area contributed by atoms with E-state index in [4.69, 9.17) is 0 Å². The van der Waals surface area contributed by atoms with Crippen LogP contribution in [0.4, 0.5) is 0 Å². The van der Waals surface area contributed by atoms with Gasteiger partial charge in [0.25, 0.3) is 0 Å². The molecular weight excluding hydrogens is 220 g/mol. The van der Waals surface area contributed by atoms with Gasteiger partial charge in [0.15, 0.2) is 9.84 Å². The summed E-state index contributed by atoms with van der Waals surface area (Å²) in [6.45, 7) is 0. The lowest BCUT2D eigenvalue weighted by molar-refractivity contribution is -0.123. The van der Waals surface area contributed by atoms with E-state index >= 15 is 0 Å². The lowest BCUT2D eigenvalue weighted by atomic mass is 10.1. The van der Waals surface area contributed by atoms with Crippen molar-refractivity contribution in [2.24, 2.45) is 0 Å². The molecule has 0 N–H and O–H groups in total. The number of carbonyl (C=O) groups excluding carboxylic acids is 2. The first-order valence-corrected chi connectivity index (χ1v) is 6.28. The molecule has 0 aromatic carbocycles. The summed E-state index contributed by atoms with van der Waals surface area (Å²) in [5, 5.41) is 0. The van der Waals surface area contributed by atoms with Gasteiger partial charge in [0.2, 0.25) is 12.8 Å². The molecule has 0 spiro atoms. The van der Waals surface area contributed by atoms with E-state index < -0.39 is 21.9 Å². The molecule has 0 radical (unpaired) electrons. The molecule has 0 aromatic rings. The van der Waals surface area contributed by atoms with E-state index in [1.165, 1.54) is 23.9 Å². The molecular formula is C8H14N2O4S. The average molecular weight is 234 g/mol. The Morgan fingerprint density at radius 3 is 1.60 bits per heavy atom. The summed E-state index contributed by atoms with van der Waals surface area (Å²) < 4.78 is 22.8. The Kier molecular flexibility index (Phi) is 3.33. The molecule has 1 aliphatic heterocycles. The number of nitrogens with zero attached hydrogens (tertiary/aromatic N) is 2. The van der Waals surface area contributed by atoms with Gasteiger partial charge >= 0.3 is 0 Å². The van der Waals surface area contributed by atoms with E-state index in [2.05, 4.69) is 0 Å². The summed E-state index contributed by atoms with van der Waals surface area (Å²) in [4.78, 5) is 23.8. The fourth-order valence-corrected chi connectivity index (χ4v) is 3.84. The van der Waals surface area contributed by atoms with E-state index in [1.807, 2.05) is 0 Å². The number of likely N-dealkylation sites (N-methyl/N-ethyl adjacent to an activating group) is 2. The van der Waals surface area contributed by atoms with E-state index in [0.29, 0.717) is 12.8 Å². The molecule has 1 aliphatic rings. The first kappa shape index (κ1) is 12.0. The third-order valence-corrected chi connectivity index (χ3v) is 4.37. The van der Waals surface area contributed by atoms with Crippen molar-refractivity contribution in [2.75, 3.05) is 25.6 Å². The second kappa shape index (κ2) is 4.18. The van der Waals surface area contributed by atoms with Gasteiger partial charge in [-0.1, -0.05) is 0 Å². The second-order valence-corrected chi connectivity index (χ2v) is 5.91. The monoisotopic (exact) mass is 234 g/mol. The largest absolute Gasteiger partial charge is 0.342 e. The van der Waals surface area contributed by atoms with Gasteiger partial charge in [-0.2, -0.15) is 0 Å². The van der Waals surface area contributed by atoms with E-state index in [-0.39, 0.29) is 11.5 Å². The molecule has 86 valence electrons. The van der Waals surface area contributed by atoms with Crippen LogP contribution in [0, 0.1) is 0 Å². The predicted molar refractivity (Wildman–Crippen MR) is 53.9 cm³/mol. The number of amides is 2. The zero-order valence-electron chi connectivity index (χ0n) is 8.66. The Bertz CT molecular complexity index is 326. The van der Waals surface area contributed by atoms with Crippen LogP contribution in [0.2, 0.25) is 0 Å². The molecule has 2 atom stereocenters. The van der Waals surface area contributed by atoms with Gasteiger partial charge in [0.05, 0.1) is 23.6 Å². The second-order valence-electron chi connectivity index (χ2n) is 3.75. The molecule has 7 heteroatoms. The molecule has 1 rings (SSSR count). The smallest absolute Gasteiger partial charge is 0.209 e. The third kappa shape index (κ3) is 2.47.